The lowest BCUT2D eigenvalue weighted by atomic mass is 10.1. The standard InChI is InChI=1S/C21H23N3O3S/c1-3-17-22-13(2)19(28-17)20(26)23-10-9-21-16(23)11-18(25)24(21)12-15(27-21)14-7-5-4-6-8-14/h4-8,15-16H,3,9-12H2,1-2H3/t15-,16-,21+/m1/s1. The molecule has 0 unspecified atom stereocenters. The summed E-state index contributed by atoms with van der Waals surface area (Å²) < 4.78 is 6.53. The molecule has 2 aromatic rings. The van der Waals surface area contributed by atoms with Gasteiger partial charge in [0.05, 0.1) is 29.7 Å². The molecule has 3 saturated heterocycles. The number of hydrogen-bond acceptors (Lipinski definition) is 5. The first kappa shape index (κ1) is 17.8. The molecule has 0 aliphatic carbocycles. The highest BCUT2D eigenvalue weighted by Crippen LogP contribution is 2.51. The van der Waals surface area contributed by atoms with Gasteiger partial charge < -0.3 is 14.5 Å². The number of benzene rings is 1. The van der Waals surface area contributed by atoms with Gasteiger partial charge in [-0.15, -0.1) is 11.3 Å². The second-order valence-electron chi connectivity index (χ2n) is 7.71. The number of amides is 2. The van der Waals surface area contributed by atoms with E-state index in [2.05, 4.69) is 4.98 Å². The van der Waals surface area contributed by atoms with Crippen LogP contribution in [0.15, 0.2) is 30.3 Å². The molecule has 6 nitrogen and oxygen atoms in total. The summed E-state index contributed by atoms with van der Waals surface area (Å²) in [6.07, 6.45) is 1.68. The van der Waals surface area contributed by atoms with Crippen molar-refractivity contribution in [2.45, 2.75) is 51.0 Å². The Kier molecular flexibility index (Phi) is 4.07. The Morgan fingerprint density at radius 2 is 2.14 bits per heavy atom. The number of nitrogens with zero attached hydrogens (tertiary/aromatic N) is 3. The van der Waals surface area contributed by atoms with Crippen LogP contribution in [0.5, 0.6) is 0 Å². The second-order valence-corrected chi connectivity index (χ2v) is 8.79. The maximum absolute atomic E-state index is 13.3. The van der Waals surface area contributed by atoms with Gasteiger partial charge in [-0.3, -0.25) is 9.59 Å². The summed E-state index contributed by atoms with van der Waals surface area (Å²) in [5.74, 6) is 0.0641. The van der Waals surface area contributed by atoms with Crippen LogP contribution in [0.1, 0.15) is 51.8 Å². The number of carbonyl (C=O) groups is 2. The SMILES string of the molecule is CCc1nc(C)c(C(=O)N2CC[C@@]34O[C@@H](c5ccccc5)CN3C(=O)C[C@@H]24)s1. The van der Waals surface area contributed by atoms with E-state index in [9.17, 15) is 9.59 Å². The zero-order chi connectivity index (χ0) is 19.5. The fourth-order valence-electron chi connectivity index (χ4n) is 4.84. The Morgan fingerprint density at radius 1 is 1.36 bits per heavy atom. The minimum atomic E-state index is -0.681. The largest absolute Gasteiger partial charge is 0.343 e. The predicted octanol–water partition coefficient (Wildman–Crippen LogP) is 2.93. The number of rotatable bonds is 3. The zero-order valence-corrected chi connectivity index (χ0v) is 16.9. The summed E-state index contributed by atoms with van der Waals surface area (Å²) in [7, 11) is 0. The van der Waals surface area contributed by atoms with Crippen molar-refractivity contribution in [1.82, 2.24) is 14.8 Å². The first-order chi connectivity index (χ1) is 13.5. The Hall–Kier alpha value is -2.25. The van der Waals surface area contributed by atoms with E-state index < -0.39 is 5.72 Å². The zero-order valence-electron chi connectivity index (χ0n) is 16.1. The number of carbonyl (C=O) groups excluding carboxylic acids is 2. The lowest BCUT2D eigenvalue weighted by Crippen LogP contribution is -2.48. The average Bonchev–Trinajstić information content (AvgIpc) is 3.42. The molecule has 0 saturated carbocycles. The maximum atomic E-state index is 13.3. The molecule has 0 radical (unpaired) electrons. The van der Waals surface area contributed by atoms with E-state index in [4.69, 9.17) is 4.74 Å². The van der Waals surface area contributed by atoms with Gasteiger partial charge in [-0.2, -0.15) is 0 Å². The van der Waals surface area contributed by atoms with Gasteiger partial charge in [-0.25, -0.2) is 4.98 Å². The Labute approximate surface area is 168 Å². The summed E-state index contributed by atoms with van der Waals surface area (Å²) in [5, 5.41) is 0.972. The van der Waals surface area contributed by atoms with Crippen LogP contribution < -0.4 is 0 Å². The van der Waals surface area contributed by atoms with E-state index in [1.54, 1.807) is 0 Å². The molecule has 7 heteroatoms. The van der Waals surface area contributed by atoms with Crippen LogP contribution in [-0.4, -0.2) is 51.5 Å². The molecule has 0 bridgehead atoms. The van der Waals surface area contributed by atoms with Crippen LogP contribution in [-0.2, 0) is 16.0 Å². The third kappa shape index (κ3) is 2.46. The summed E-state index contributed by atoms with van der Waals surface area (Å²) in [4.78, 5) is 35.0. The lowest BCUT2D eigenvalue weighted by molar-refractivity contribution is -0.138. The van der Waals surface area contributed by atoms with E-state index >= 15 is 0 Å². The highest BCUT2D eigenvalue weighted by molar-refractivity contribution is 7.13. The van der Waals surface area contributed by atoms with Crippen LogP contribution in [0, 0.1) is 6.92 Å². The number of thiazole rings is 1. The van der Waals surface area contributed by atoms with Gasteiger partial charge in [-0.1, -0.05) is 37.3 Å². The molecule has 3 aliphatic rings. The van der Waals surface area contributed by atoms with Gasteiger partial charge in [0.1, 0.15) is 11.0 Å². The Morgan fingerprint density at radius 3 is 2.86 bits per heavy atom. The number of likely N-dealkylation sites (tertiary alicyclic amines) is 1. The fraction of sp³-hybridized carbons (Fsp3) is 0.476. The Bertz CT molecular complexity index is 944. The van der Waals surface area contributed by atoms with Crippen molar-refractivity contribution in [3.63, 3.8) is 0 Å². The van der Waals surface area contributed by atoms with Gasteiger partial charge in [0.25, 0.3) is 5.91 Å². The molecule has 3 atom stereocenters. The molecule has 3 fully saturated rings. The van der Waals surface area contributed by atoms with E-state index in [0.29, 0.717) is 30.8 Å². The fourth-order valence-corrected chi connectivity index (χ4v) is 5.80. The smallest absolute Gasteiger partial charge is 0.266 e. The molecule has 3 aliphatic heterocycles. The van der Waals surface area contributed by atoms with E-state index in [1.165, 1.54) is 11.3 Å². The van der Waals surface area contributed by atoms with Gasteiger partial charge in [-0.05, 0) is 18.9 Å². The predicted molar refractivity (Wildman–Crippen MR) is 105 cm³/mol. The minimum Gasteiger partial charge on any atom is -0.343 e. The summed E-state index contributed by atoms with van der Waals surface area (Å²) >= 11 is 1.47. The third-order valence-corrected chi connectivity index (χ3v) is 7.49. The quantitative estimate of drug-likeness (QED) is 0.799. The molecule has 1 spiro atoms. The van der Waals surface area contributed by atoms with Crippen LogP contribution in [0.4, 0.5) is 0 Å². The van der Waals surface area contributed by atoms with Crippen molar-refractivity contribution >= 4 is 23.2 Å². The highest BCUT2D eigenvalue weighted by atomic mass is 32.1. The molecule has 4 heterocycles. The number of aromatic nitrogens is 1. The van der Waals surface area contributed by atoms with Gasteiger partial charge in [0.15, 0.2) is 5.72 Å². The molecule has 0 N–H and O–H groups in total. The van der Waals surface area contributed by atoms with E-state index in [0.717, 1.165) is 22.7 Å². The number of aryl methyl sites for hydroxylation is 2. The third-order valence-electron chi connectivity index (χ3n) is 6.20. The molecule has 5 rings (SSSR count). The highest BCUT2D eigenvalue weighted by Gasteiger charge is 2.65. The van der Waals surface area contributed by atoms with Crippen molar-refractivity contribution in [2.75, 3.05) is 13.1 Å². The topological polar surface area (TPSA) is 62.7 Å². The summed E-state index contributed by atoms with van der Waals surface area (Å²) in [6, 6.07) is 9.79. The molecule has 2 amide bonds. The van der Waals surface area contributed by atoms with E-state index in [1.807, 2.05) is 54.0 Å². The maximum Gasteiger partial charge on any atom is 0.266 e. The van der Waals surface area contributed by atoms with Crippen LogP contribution >= 0.6 is 11.3 Å². The molecular weight excluding hydrogens is 374 g/mol. The van der Waals surface area contributed by atoms with Gasteiger partial charge in [0.2, 0.25) is 5.91 Å². The van der Waals surface area contributed by atoms with Gasteiger partial charge >= 0.3 is 0 Å². The summed E-state index contributed by atoms with van der Waals surface area (Å²) in [5.41, 5.74) is 1.18. The van der Waals surface area contributed by atoms with Crippen molar-refractivity contribution < 1.29 is 14.3 Å². The van der Waals surface area contributed by atoms with Gasteiger partial charge in [0, 0.05) is 13.0 Å². The molecule has 1 aromatic carbocycles. The van der Waals surface area contributed by atoms with Crippen LogP contribution in [0.25, 0.3) is 0 Å². The molecular formula is C21H23N3O3S. The van der Waals surface area contributed by atoms with Crippen LogP contribution in [0.2, 0.25) is 0 Å². The van der Waals surface area contributed by atoms with Crippen molar-refractivity contribution in [3.8, 4) is 0 Å². The monoisotopic (exact) mass is 397 g/mol. The molecule has 28 heavy (non-hydrogen) atoms. The van der Waals surface area contributed by atoms with Crippen molar-refractivity contribution in [1.29, 1.82) is 0 Å². The van der Waals surface area contributed by atoms with E-state index in [-0.39, 0.29) is 24.0 Å². The average molecular weight is 398 g/mol. The van der Waals surface area contributed by atoms with Crippen molar-refractivity contribution in [2.24, 2.45) is 0 Å². The lowest BCUT2D eigenvalue weighted by Gasteiger charge is -2.31. The second kappa shape index (κ2) is 6.39. The first-order valence-corrected chi connectivity index (χ1v) is 10.7. The number of ether oxygens (including phenoxy) is 1. The normalized spacial score (nSPS) is 28.7. The van der Waals surface area contributed by atoms with Crippen LogP contribution in [0.3, 0.4) is 0 Å². The minimum absolute atomic E-state index is 0.0158. The Balaban J connectivity index is 1.44. The summed E-state index contributed by atoms with van der Waals surface area (Å²) in [6.45, 7) is 5.09. The molecule has 1 aromatic heterocycles. The first-order valence-electron chi connectivity index (χ1n) is 9.84. The number of hydrogen-bond donors (Lipinski definition) is 0. The van der Waals surface area contributed by atoms with Crippen molar-refractivity contribution in [3.05, 3.63) is 51.5 Å². The molecule has 146 valence electrons.